The lowest BCUT2D eigenvalue weighted by molar-refractivity contribution is 0.813. The molecule has 1 atom stereocenters. The van der Waals surface area contributed by atoms with Crippen LogP contribution in [0.4, 0.5) is 0 Å². The van der Waals surface area contributed by atoms with Crippen molar-refractivity contribution in [3.05, 3.63) is 35.4 Å². The number of hydrogen-bond acceptors (Lipinski definition) is 1. The van der Waals surface area contributed by atoms with Gasteiger partial charge in [0.15, 0.2) is 0 Å². The standard InChI is InChI=1S/C13H17N/c1-3-6-11-7-5-8-13(9-11)12(4-2)10-14/h5,7-9,12H,3-4,6H2,1-2H3. The molecule has 0 aliphatic carbocycles. The summed E-state index contributed by atoms with van der Waals surface area (Å²) in [4.78, 5) is 0. The maximum atomic E-state index is 8.95. The predicted octanol–water partition coefficient (Wildman–Crippen LogP) is 3.66. The van der Waals surface area contributed by atoms with Crippen LogP contribution in [0.2, 0.25) is 0 Å². The first-order valence-corrected chi connectivity index (χ1v) is 5.30. The molecule has 0 fully saturated rings. The molecule has 0 heterocycles. The molecule has 0 amide bonds. The van der Waals surface area contributed by atoms with Gasteiger partial charge in [0.25, 0.3) is 0 Å². The van der Waals surface area contributed by atoms with Gasteiger partial charge in [0.1, 0.15) is 0 Å². The highest BCUT2D eigenvalue weighted by Crippen LogP contribution is 2.19. The summed E-state index contributed by atoms with van der Waals surface area (Å²) in [6, 6.07) is 10.7. The molecule has 0 aliphatic heterocycles. The first-order valence-electron chi connectivity index (χ1n) is 5.30. The average Bonchev–Trinajstić information content (AvgIpc) is 2.21. The molecule has 74 valence electrons. The van der Waals surface area contributed by atoms with Crippen LogP contribution < -0.4 is 0 Å². The maximum absolute atomic E-state index is 8.95. The van der Waals surface area contributed by atoms with Crippen molar-refractivity contribution in [2.45, 2.75) is 39.0 Å². The minimum absolute atomic E-state index is 0.0619. The van der Waals surface area contributed by atoms with Crippen LogP contribution in [-0.4, -0.2) is 0 Å². The van der Waals surface area contributed by atoms with Crippen LogP contribution >= 0.6 is 0 Å². The summed E-state index contributed by atoms with van der Waals surface area (Å²) in [5.41, 5.74) is 2.51. The van der Waals surface area contributed by atoms with E-state index in [-0.39, 0.29) is 5.92 Å². The molecular weight excluding hydrogens is 170 g/mol. The van der Waals surface area contributed by atoms with E-state index in [0.29, 0.717) is 0 Å². The summed E-state index contributed by atoms with van der Waals surface area (Å²) in [6.45, 7) is 4.23. The highest BCUT2D eigenvalue weighted by atomic mass is 14.3. The van der Waals surface area contributed by atoms with Gasteiger partial charge in [-0.25, -0.2) is 0 Å². The topological polar surface area (TPSA) is 23.8 Å². The van der Waals surface area contributed by atoms with E-state index in [4.69, 9.17) is 5.26 Å². The molecule has 1 unspecified atom stereocenters. The third kappa shape index (κ3) is 2.60. The van der Waals surface area contributed by atoms with Gasteiger partial charge >= 0.3 is 0 Å². The SMILES string of the molecule is CCCc1cccc(C(C#N)CC)c1. The molecule has 1 rings (SSSR count). The van der Waals surface area contributed by atoms with E-state index >= 15 is 0 Å². The summed E-state index contributed by atoms with van der Waals surface area (Å²) in [5.74, 6) is 0.0619. The van der Waals surface area contributed by atoms with Crippen LogP contribution in [-0.2, 0) is 6.42 Å². The van der Waals surface area contributed by atoms with Crippen LogP contribution in [0.5, 0.6) is 0 Å². The zero-order valence-corrected chi connectivity index (χ0v) is 8.96. The largest absolute Gasteiger partial charge is 0.198 e. The second kappa shape index (κ2) is 5.44. The van der Waals surface area contributed by atoms with Crippen LogP contribution in [0.1, 0.15) is 43.7 Å². The van der Waals surface area contributed by atoms with Crippen LogP contribution in [0, 0.1) is 11.3 Å². The van der Waals surface area contributed by atoms with Crippen molar-refractivity contribution in [2.24, 2.45) is 0 Å². The second-order valence-electron chi connectivity index (χ2n) is 3.58. The van der Waals surface area contributed by atoms with Gasteiger partial charge in [-0.05, 0) is 24.0 Å². The van der Waals surface area contributed by atoms with E-state index in [1.807, 2.05) is 0 Å². The zero-order valence-electron chi connectivity index (χ0n) is 8.96. The van der Waals surface area contributed by atoms with E-state index in [9.17, 15) is 0 Å². The fourth-order valence-electron chi connectivity index (χ4n) is 1.66. The molecule has 0 aromatic heterocycles. The zero-order chi connectivity index (χ0) is 10.4. The number of nitriles is 1. The Kier molecular flexibility index (Phi) is 4.19. The lowest BCUT2D eigenvalue weighted by Crippen LogP contribution is -1.95. The average molecular weight is 187 g/mol. The van der Waals surface area contributed by atoms with Crippen LogP contribution in [0.25, 0.3) is 0 Å². The van der Waals surface area contributed by atoms with Crippen molar-refractivity contribution < 1.29 is 0 Å². The van der Waals surface area contributed by atoms with E-state index in [2.05, 4.69) is 44.2 Å². The predicted molar refractivity (Wildman–Crippen MR) is 59.1 cm³/mol. The molecule has 0 saturated heterocycles. The fraction of sp³-hybridized carbons (Fsp3) is 0.462. The van der Waals surface area contributed by atoms with Gasteiger partial charge in [0.05, 0.1) is 12.0 Å². The molecule has 0 radical (unpaired) electrons. The van der Waals surface area contributed by atoms with Gasteiger partial charge in [0.2, 0.25) is 0 Å². The van der Waals surface area contributed by atoms with E-state index in [1.54, 1.807) is 0 Å². The van der Waals surface area contributed by atoms with Crippen molar-refractivity contribution in [1.82, 2.24) is 0 Å². The maximum Gasteiger partial charge on any atom is 0.0710 e. The Morgan fingerprint density at radius 3 is 2.71 bits per heavy atom. The monoisotopic (exact) mass is 187 g/mol. The third-order valence-electron chi connectivity index (χ3n) is 2.46. The summed E-state index contributed by atoms with van der Waals surface area (Å²) in [5, 5.41) is 8.95. The molecule has 1 nitrogen and oxygen atoms in total. The van der Waals surface area contributed by atoms with Crippen molar-refractivity contribution in [3.63, 3.8) is 0 Å². The molecule has 0 bridgehead atoms. The molecule has 1 heteroatoms. The molecule has 1 aromatic rings. The normalized spacial score (nSPS) is 12.1. The van der Waals surface area contributed by atoms with Crippen molar-refractivity contribution in [3.8, 4) is 6.07 Å². The Labute approximate surface area is 86.4 Å². The Morgan fingerprint density at radius 2 is 2.14 bits per heavy atom. The molecule has 0 spiro atoms. The summed E-state index contributed by atoms with van der Waals surface area (Å²) >= 11 is 0. The number of rotatable bonds is 4. The van der Waals surface area contributed by atoms with Crippen molar-refractivity contribution in [2.75, 3.05) is 0 Å². The van der Waals surface area contributed by atoms with Gasteiger partial charge in [-0.3, -0.25) is 0 Å². The third-order valence-corrected chi connectivity index (χ3v) is 2.46. The van der Waals surface area contributed by atoms with Crippen molar-refractivity contribution >= 4 is 0 Å². The molecular formula is C13H17N. The molecule has 0 saturated carbocycles. The fourth-order valence-corrected chi connectivity index (χ4v) is 1.66. The highest BCUT2D eigenvalue weighted by molar-refractivity contribution is 5.29. The van der Waals surface area contributed by atoms with E-state index in [0.717, 1.165) is 19.3 Å². The Balaban J connectivity index is 2.88. The number of nitrogens with zero attached hydrogens (tertiary/aromatic N) is 1. The Morgan fingerprint density at radius 1 is 1.36 bits per heavy atom. The lowest BCUT2D eigenvalue weighted by atomic mass is 9.95. The summed E-state index contributed by atoms with van der Waals surface area (Å²) < 4.78 is 0. The van der Waals surface area contributed by atoms with Gasteiger partial charge in [0, 0.05) is 0 Å². The highest BCUT2D eigenvalue weighted by Gasteiger charge is 2.07. The summed E-state index contributed by atoms with van der Waals surface area (Å²) in [7, 11) is 0. The number of benzene rings is 1. The molecule has 0 aliphatic rings. The molecule has 0 N–H and O–H groups in total. The Hall–Kier alpha value is -1.29. The smallest absolute Gasteiger partial charge is 0.0710 e. The lowest BCUT2D eigenvalue weighted by Gasteiger charge is -2.07. The quantitative estimate of drug-likeness (QED) is 0.705. The summed E-state index contributed by atoms with van der Waals surface area (Å²) in [6.07, 6.45) is 3.16. The van der Waals surface area contributed by atoms with Gasteiger partial charge in [-0.1, -0.05) is 44.5 Å². The van der Waals surface area contributed by atoms with Crippen LogP contribution in [0.3, 0.4) is 0 Å². The number of aryl methyl sites for hydroxylation is 1. The van der Waals surface area contributed by atoms with Crippen molar-refractivity contribution in [1.29, 1.82) is 5.26 Å². The Bertz CT molecular complexity index is 322. The van der Waals surface area contributed by atoms with Gasteiger partial charge in [-0.15, -0.1) is 0 Å². The van der Waals surface area contributed by atoms with Crippen LogP contribution in [0.15, 0.2) is 24.3 Å². The minimum Gasteiger partial charge on any atom is -0.198 e. The first kappa shape index (κ1) is 10.8. The van der Waals surface area contributed by atoms with E-state index in [1.165, 1.54) is 11.1 Å². The van der Waals surface area contributed by atoms with Gasteiger partial charge in [-0.2, -0.15) is 5.26 Å². The van der Waals surface area contributed by atoms with E-state index < -0.39 is 0 Å². The number of hydrogen-bond donors (Lipinski definition) is 0. The minimum atomic E-state index is 0.0619. The van der Waals surface area contributed by atoms with Gasteiger partial charge < -0.3 is 0 Å². The molecule has 14 heavy (non-hydrogen) atoms. The second-order valence-corrected chi connectivity index (χ2v) is 3.58. The molecule has 1 aromatic carbocycles. The first-order chi connectivity index (χ1) is 6.81.